The SMILES string of the molecule is CCCC(C)(C)NC(=O)c1n[nH]c(=O)c2ccccc12. The normalized spacial score (nSPS) is 11.6. The Hall–Kier alpha value is -2.17. The molecule has 1 amide bonds. The summed E-state index contributed by atoms with van der Waals surface area (Å²) in [5, 5.41) is 10.3. The summed E-state index contributed by atoms with van der Waals surface area (Å²) >= 11 is 0. The molecule has 0 bridgehead atoms. The molecule has 2 N–H and O–H groups in total. The molecule has 0 spiro atoms. The van der Waals surface area contributed by atoms with Crippen LogP contribution in [0.15, 0.2) is 29.1 Å². The summed E-state index contributed by atoms with van der Waals surface area (Å²) in [6.07, 6.45) is 1.85. The van der Waals surface area contributed by atoms with Gasteiger partial charge in [-0.05, 0) is 26.3 Å². The van der Waals surface area contributed by atoms with E-state index in [1.54, 1.807) is 24.3 Å². The molecule has 0 aliphatic carbocycles. The van der Waals surface area contributed by atoms with Gasteiger partial charge in [-0.15, -0.1) is 0 Å². The maximum absolute atomic E-state index is 12.4. The third kappa shape index (κ3) is 2.87. The Morgan fingerprint density at radius 3 is 2.60 bits per heavy atom. The third-order valence-corrected chi connectivity index (χ3v) is 3.24. The molecule has 5 nitrogen and oxygen atoms in total. The summed E-state index contributed by atoms with van der Waals surface area (Å²) in [6.45, 7) is 6.02. The summed E-state index contributed by atoms with van der Waals surface area (Å²) < 4.78 is 0. The highest BCUT2D eigenvalue weighted by Gasteiger charge is 2.22. The Morgan fingerprint density at radius 2 is 1.95 bits per heavy atom. The van der Waals surface area contributed by atoms with Gasteiger partial charge in [-0.1, -0.05) is 31.5 Å². The summed E-state index contributed by atoms with van der Waals surface area (Å²) in [6, 6.07) is 6.97. The Bertz CT molecular complexity index is 689. The largest absolute Gasteiger partial charge is 0.346 e. The maximum atomic E-state index is 12.4. The lowest BCUT2D eigenvalue weighted by Crippen LogP contribution is -2.43. The number of amides is 1. The first-order valence-corrected chi connectivity index (χ1v) is 6.74. The van der Waals surface area contributed by atoms with Crippen molar-refractivity contribution in [3.63, 3.8) is 0 Å². The quantitative estimate of drug-likeness (QED) is 0.897. The molecule has 0 aliphatic rings. The van der Waals surface area contributed by atoms with Crippen LogP contribution in [0.25, 0.3) is 10.8 Å². The Labute approximate surface area is 117 Å². The lowest BCUT2D eigenvalue weighted by molar-refractivity contribution is 0.0904. The van der Waals surface area contributed by atoms with E-state index in [9.17, 15) is 9.59 Å². The van der Waals surface area contributed by atoms with Crippen molar-refractivity contribution in [2.75, 3.05) is 0 Å². The number of carbonyl (C=O) groups excluding carboxylic acids is 1. The van der Waals surface area contributed by atoms with Gasteiger partial charge in [0.15, 0.2) is 5.69 Å². The molecular formula is C15H19N3O2. The molecule has 0 saturated carbocycles. The topological polar surface area (TPSA) is 74.8 Å². The number of carbonyl (C=O) groups is 1. The fourth-order valence-electron chi connectivity index (χ4n) is 2.34. The molecule has 0 aliphatic heterocycles. The Kier molecular flexibility index (Phi) is 3.88. The molecule has 5 heteroatoms. The van der Waals surface area contributed by atoms with Crippen molar-refractivity contribution in [3.8, 4) is 0 Å². The van der Waals surface area contributed by atoms with E-state index >= 15 is 0 Å². The summed E-state index contributed by atoms with van der Waals surface area (Å²) in [4.78, 5) is 24.1. The summed E-state index contributed by atoms with van der Waals surface area (Å²) in [5.41, 5.74) is -0.334. The zero-order valence-corrected chi connectivity index (χ0v) is 12.0. The van der Waals surface area contributed by atoms with Crippen molar-refractivity contribution in [3.05, 3.63) is 40.3 Å². The first-order chi connectivity index (χ1) is 9.44. The second-order valence-electron chi connectivity index (χ2n) is 5.53. The summed E-state index contributed by atoms with van der Waals surface area (Å²) in [7, 11) is 0. The van der Waals surface area contributed by atoms with Crippen LogP contribution in [0.3, 0.4) is 0 Å². The van der Waals surface area contributed by atoms with E-state index in [2.05, 4.69) is 22.4 Å². The van der Waals surface area contributed by atoms with Crippen LogP contribution < -0.4 is 10.9 Å². The van der Waals surface area contributed by atoms with Crippen LogP contribution in [-0.2, 0) is 0 Å². The zero-order valence-electron chi connectivity index (χ0n) is 12.0. The Balaban J connectivity index is 2.41. The first-order valence-electron chi connectivity index (χ1n) is 6.74. The van der Waals surface area contributed by atoms with Crippen LogP contribution in [0.1, 0.15) is 44.1 Å². The average Bonchev–Trinajstić information content (AvgIpc) is 2.38. The number of fused-ring (bicyclic) bond motifs is 1. The number of aromatic nitrogens is 2. The number of rotatable bonds is 4. The van der Waals surface area contributed by atoms with Crippen LogP contribution in [0.5, 0.6) is 0 Å². The van der Waals surface area contributed by atoms with Gasteiger partial charge in [0.2, 0.25) is 0 Å². The van der Waals surface area contributed by atoms with Gasteiger partial charge in [0.1, 0.15) is 0 Å². The van der Waals surface area contributed by atoms with E-state index in [1.807, 2.05) is 13.8 Å². The molecule has 0 radical (unpaired) electrons. The second-order valence-corrected chi connectivity index (χ2v) is 5.53. The van der Waals surface area contributed by atoms with Gasteiger partial charge in [0, 0.05) is 10.9 Å². The second kappa shape index (κ2) is 5.45. The van der Waals surface area contributed by atoms with E-state index in [4.69, 9.17) is 0 Å². The fraction of sp³-hybridized carbons (Fsp3) is 0.400. The standard InChI is InChI=1S/C15H19N3O2/c1-4-9-15(2,3)16-14(20)12-10-7-5-6-8-11(10)13(19)18-17-12/h5-8H,4,9H2,1-3H3,(H,16,20)(H,18,19). The molecule has 1 heterocycles. The number of benzene rings is 1. The highest BCUT2D eigenvalue weighted by atomic mass is 16.2. The maximum Gasteiger partial charge on any atom is 0.272 e. The molecule has 0 atom stereocenters. The van der Waals surface area contributed by atoms with Crippen molar-refractivity contribution < 1.29 is 4.79 Å². The number of nitrogens with zero attached hydrogens (tertiary/aromatic N) is 1. The third-order valence-electron chi connectivity index (χ3n) is 3.24. The average molecular weight is 273 g/mol. The van der Waals surface area contributed by atoms with E-state index in [0.717, 1.165) is 12.8 Å². The lowest BCUT2D eigenvalue weighted by atomic mass is 9.98. The van der Waals surface area contributed by atoms with Gasteiger partial charge in [0.25, 0.3) is 11.5 Å². The van der Waals surface area contributed by atoms with Gasteiger partial charge >= 0.3 is 0 Å². The van der Waals surface area contributed by atoms with E-state index < -0.39 is 0 Å². The van der Waals surface area contributed by atoms with E-state index in [-0.39, 0.29) is 22.7 Å². The predicted octanol–water partition coefficient (Wildman–Crippen LogP) is 2.23. The Morgan fingerprint density at radius 1 is 1.30 bits per heavy atom. The van der Waals surface area contributed by atoms with Crippen LogP contribution >= 0.6 is 0 Å². The van der Waals surface area contributed by atoms with Crippen LogP contribution in [0, 0.1) is 0 Å². The zero-order chi connectivity index (χ0) is 14.8. The van der Waals surface area contributed by atoms with Crippen molar-refractivity contribution in [2.45, 2.75) is 39.2 Å². The van der Waals surface area contributed by atoms with Crippen LogP contribution in [0.2, 0.25) is 0 Å². The number of hydrogen-bond donors (Lipinski definition) is 2. The molecule has 106 valence electrons. The van der Waals surface area contributed by atoms with Gasteiger partial charge in [-0.25, -0.2) is 5.10 Å². The first kappa shape index (κ1) is 14.2. The van der Waals surface area contributed by atoms with Gasteiger partial charge in [-0.3, -0.25) is 9.59 Å². The highest BCUT2D eigenvalue weighted by Crippen LogP contribution is 2.15. The van der Waals surface area contributed by atoms with Crippen molar-refractivity contribution in [1.29, 1.82) is 0 Å². The molecule has 2 rings (SSSR count). The van der Waals surface area contributed by atoms with Crippen LogP contribution in [0.4, 0.5) is 0 Å². The molecular weight excluding hydrogens is 254 g/mol. The molecule has 2 aromatic rings. The molecule has 1 aromatic carbocycles. The summed E-state index contributed by atoms with van der Waals surface area (Å²) in [5.74, 6) is -0.268. The minimum Gasteiger partial charge on any atom is -0.346 e. The van der Waals surface area contributed by atoms with E-state index in [0.29, 0.717) is 10.8 Å². The van der Waals surface area contributed by atoms with Gasteiger partial charge < -0.3 is 5.32 Å². The van der Waals surface area contributed by atoms with Crippen molar-refractivity contribution in [1.82, 2.24) is 15.5 Å². The molecule has 1 aromatic heterocycles. The number of aromatic amines is 1. The molecule has 0 fully saturated rings. The minimum absolute atomic E-state index is 0.254. The highest BCUT2D eigenvalue weighted by molar-refractivity contribution is 6.04. The number of H-pyrrole nitrogens is 1. The number of hydrogen-bond acceptors (Lipinski definition) is 3. The molecule has 0 saturated heterocycles. The van der Waals surface area contributed by atoms with Crippen molar-refractivity contribution in [2.24, 2.45) is 0 Å². The fourth-order valence-corrected chi connectivity index (χ4v) is 2.34. The van der Waals surface area contributed by atoms with Gasteiger partial charge in [-0.2, -0.15) is 5.10 Å². The van der Waals surface area contributed by atoms with Gasteiger partial charge in [0.05, 0.1) is 5.39 Å². The predicted molar refractivity (Wildman–Crippen MR) is 78.8 cm³/mol. The molecule has 0 unspecified atom stereocenters. The minimum atomic E-state index is -0.301. The number of nitrogens with one attached hydrogen (secondary N) is 2. The smallest absolute Gasteiger partial charge is 0.272 e. The van der Waals surface area contributed by atoms with E-state index in [1.165, 1.54) is 0 Å². The monoisotopic (exact) mass is 273 g/mol. The van der Waals surface area contributed by atoms with Crippen molar-refractivity contribution >= 4 is 16.7 Å². The van der Waals surface area contributed by atoms with Crippen LogP contribution in [-0.4, -0.2) is 21.6 Å². The molecule has 20 heavy (non-hydrogen) atoms. The lowest BCUT2D eigenvalue weighted by Gasteiger charge is -2.25.